The van der Waals surface area contributed by atoms with E-state index in [-0.39, 0.29) is 11.7 Å². The normalized spacial score (nSPS) is 16.8. The fraction of sp³-hybridized carbons (Fsp3) is 0.478. The Hall–Kier alpha value is -2.38. The molecule has 1 aromatic carbocycles. The minimum absolute atomic E-state index is 0.00589. The highest BCUT2D eigenvalue weighted by Crippen LogP contribution is 2.27. The topological polar surface area (TPSA) is 67.9 Å². The third kappa shape index (κ3) is 6.31. The molecule has 1 fully saturated rings. The van der Waals surface area contributed by atoms with Gasteiger partial charge in [-0.25, -0.2) is 0 Å². The van der Waals surface area contributed by atoms with Crippen molar-refractivity contribution >= 4 is 28.7 Å². The van der Waals surface area contributed by atoms with Crippen LogP contribution in [0.15, 0.2) is 29.6 Å². The Bertz CT molecular complexity index is 858. The predicted molar refractivity (Wildman–Crippen MR) is 120 cm³/mol. The van der Waals surface area contributed by atoms with Gasteiger partial charge in [0, 0.05) is 43.4 Å². The third-order valence-corrected chi connectivity index (χ3v) is 6.50. The fourth-order valence-corrected chi connectivity index (χ4v) is 4.68. The average molecular weight is 431 g/mol. The Kier molecular flexibility index (Phi) is 7.87. The molecule has 1 amide bonds. The number of rotatable bonds is 9. The lowest BCUT2D eigenvalue weighted by atomic mass is 9.93. The van der Waals surface area contributed by atoms with Crippen molar-refractivity contribution in [2.24, 2.45) is 5.92 Å². The van der Waals surface area contributed by atoms with E-state index in [2.05, 4.69) is 15.6 Å². The van der Waals surface area contributed by atoms with Crippen molar-refractivity contribution < 1.29 is 19.1 Å². The lowest BCUT2D eigenvalue weighted by Gasteiger charge is -2.32. The predicted octanol–water partition coefficient (Wildman–Crippen LogP) is 4.60. The van der Waals surface area contributed by atoms with Crippen LogP contribution in [0.3, 0.4) is 0 Å². The summed E-state index contributed by atoms with van der Waals surface area (Å²) in [4.78, 5) is 27.2. The van der Waals surface area contributed by atoms with Crippen molar-refractivity contribution in [2.45, 2.75) is 39.2 Å². The van der Waals surface area contributed by atoms with E-state index in [1.165, 1.54) is 16.9 Å². The number of carbonyl (C=O) groups excluding carboxylic acids is 2. The number of nitrogens with zero attached hydrogens (tertiary/aromatic N) is 1. The molecule has 1 unspecified atom stereocenters. The van der Waals surface area contributed by atoms with E-state index in [4.69, 9.17) is 9.47 Å². The third-order valence-electron chi connectivity index (χ3n) is 5.42. The molecule has 2 aromatic rings. The number of benzene rings is 1. The summed E-state index contributed by atoms with van der Waals surface area (Å²) in [6, 6.07) is 7.36. The molecule has 162 valence electrons. The van der Waals surface area contributed by atoms with Gasteiger partial charge in [-0.05, 0) is 55.7 Å². The van der Waals surface area contributed by atoms with Gasteiger partial charge in [-0.15, -0.1) is 11.3 Å². The van der Waals surface area contributed by atoms with Crippen molar-refractivity contribution in [1.82, 2.24) is 4.90 Å². The van der Waals surface area contributed by atoms with Gasteiger partial charge in [-0.2, -0.15) is 0 Å². The number of piperidine rings is 1. The SMILES string of the molecule is COc1cc(NC(=O)CCC2CCCN(Cc3csc(C(C)=O)c3)C2)cc(OC)c1. The second kappa shape index (κ2) is 10.6. The van der Waals surface area contributed by atoms with E-state index < -0.39 is 0 Å². The number of thiophene rings is 1. The van der Waals surface area contributed by atoms with E-state index >= 15 is 0 Å². The minimum Gasteiger partial charge on any atom is -0.497 e. The van der Waals surface area contributed by atoms with Crippen LogP contribution in [-0.2, 0) is 11.3 Å². The number of methoxy groups -OCH3 is 2. The number of likely N-dealkylation sites (tertiary alicyclic amines) is 1. The first-order valence-corrected chi connectivity index (χ1v) is 11.2. The maximum Gasteiger partial charge on any atom is 0.224 e. The fourth-order valence-electron chi connectivity index (χ4n) is 3.87. The largest absolute Gasteiger partial charge is 0.497 e. The molecular weight excluding hydrogens is 400 g/mol. The monoisotopic (exact) mass is 430 g/mol. The van der Waals surface area contributed by atoms with Crippen molar-refractivity contribution in [3.63, 3.8) is 0 Å². The van der Waals surface area contributed by atoms with Gasteiger partial charge in [0.1, 0.15) is 11.5 Å². The number of nitrogens with one attached hydrogen (secondary N) is 1. The summed E-state index contributed by atoms with van der Waals surface area (Å²) in [5.74, 6) is 1.94. The molecule has 30 heavy (non-hydrogen) atoms. The smallest absolute Gasteiger partial charge is 0.224 e. The number of carbonyl (C=O) groups is 2. The van der Waals surface area contributed by atoms with Crippen LogP contribution in [0, 0.1) is 5.92 Å². The van der Waals surface area contributed by atoms with Crippen LogP contribution in [0.2, 0.25) is 0 Å². The molecule has 3 rings (SSSR count). The van der Waals surface area contributed by atoms with Gasteiger partial charge in [-0.3, -0.25) is 14.5 Å². The van der Waals surface area contributed by atoms with Gasteiger partial charge in [-0.1, -0.05) is 0 Å². The lowest BCUT2D eigenvalue weighted by Crippen LogP contribution is -2.35. The van der Waals surface area contributed by atoms with Crippen LogP contribution in [-0.4, -0.2) is 43.9 Å². The number of hydrogen-bond acceptors (Lipinski definition) is 6. The van der Waals surface area contributed by atoms with E-state index in [9.17, 15) is 9.59 Å². The first-order valence-electron chi connectivity index (χ1n) is 10.3. The van der Waals surface area contributed by atoms with Gasteiger partial charge in [0.2, 0.25) is 5.91 Å². The molecule has 0 saturated carbocycles. The Morgan fingerprint density at radius 3 is 2.53 bits per heavy atom. The molecule has 1 aliphatic heterocycles. The molecular formula is C23H30N2O4S. The molecule has 1 N–H and O–H groups in total. The zero-order valence-electron chi connectivity index (χ0n) is 17.9. The summed E-state index contributed by atoms with van der Waals surface area (Å²) in [5.41, 5.74) is 1.88. The van der Waals surface area contributed by atoms with E-state index in [0.29, 0.717) is 29.5 Å². The number of ether oxygens (including phenoxy) is 2. The second-order valence-electron chi connectivity index (χ2n) is 7.81. The first-order chi connectivity index (χ1) is 14.5. The van der Waals surface area contributed by atoms with Gasteiger partial charge >= 0.3 is 0 Å². The number of ketones is 1. The first kappa shape index (κ1) is 22.3. The highest BCUT2D eigenvalue weighted by atomic mass is 32.1. The molecule has 1 saturated heterocycles. The second-order valence-corrected chi connectivity index (χ2v) is 8.72. The maximum absolute atomic E-state index is 12.5. The summed E-state index contributed by atoms with van der Waals surface area (Å²) >= 11 is 1.52. The summed E-state index contributed by atoms with van der Waals surface area (Å²) < 4.78 is 10.5. The highest BCUT2D eigenvalue weighted by Gasteiger charge is 2.21. The van der Waals surface area contributed by atoms with Crippen LogP contribution < -0.4 is 14.8 Å². The molecule has 1 aliphatic rings. The molecule has 1 aromatic heterocycles. The number of anilines is 1. The molecule has 2 heterocycles. The van der Waals surface area contributed by atoms with Crippen LogP contribution >= 0.6 is 11.3 Å². The zero-order chi connectivity index (χ0) is 21.5. The summed E-state index contributed by atoms with van der Waals surface area (Å²) in [5, 5.41) is 5.03. The van der Waals surface area contributed by atoms with Crippen LogP contribution in [0.4, 0.5) is 5.69 Å². The molecule has 0 bridgehead atoms. The van der Waals surface area contributed by atoms with Gasteiger partial charge in [0.05, 0.1) is 19.1 Å². The van der Waals surface area contributed by atoms with Gasteiger partial charge < -0.3 is 14.8 Å². The van der Waals surface area contributed by atoms with Crippen molar-refractivity contribution in [1.29, 1.82) is 0 Å². The molecule has 0 spiro atoms. The van der Waals surface area contributed by atoms with E-state index in [1.54, 1.807) is 39.3 Å². The standard InChI is InChI=1S/C23H30N2O4S/c1-16(26)22-9-18(15-30-22)14-25-8-4-5-17(13-25)6-7-23(27)24-19-10-20(28-2)12-21(11-19)29-3/h9-12,15,17H,4-8,13-14H2,1-3H3,(H,24,27). The molecule has 1 atom stereocenters. The van der Waals surface area contributed by atoms with Gasteiger partial charge in [0.15, 0.2) is 5.78 Å². The highest BCUT2D eigenvalue weighted by molar-refractivity contribution is 7.12. The van der Waals surface area contributed by atoms with Crippen molar-refractivity contribution in [2.75, 3.05) is 32.6 Å². The maximum atomic E-state index is 12.5. The van der Waals surface area contributed by atoms with Crippen LogP contribution in [0.5, 0.6) is 11.5 Å². The van der Waals surface area contributed by atoms with Crippen LogP contribution in [0.1, 0.15) is 47.8 Å². The summed E-state index contributed by atoms with van der Waals surface area (Å²) in [6.07, 6.45) is 3.65. The number of Topliss-reactive ketones (excluding diaryl/α,β-unsaturated/α-hetero) is 1. The molecule has 0 aliphatic carbocycles. The Morgan fingerprint density at radius 1 is 1.17 bits per heavy atom. The lowest BCUT2D eigenvalue weighted by molar-refractivity contribution is -0.116. The average Bonchev–Trinajstić information content (AvgIpc) is 3.21. The quantitative estimate of drug-likeness (QED) is 0.589. The zero-order valence-corrected chi connectivity index (χ0v) is 18.7. The minimum atomic E-state index is 0.00589. The summed E-state index contributed by atoms with van der Waals surface area (Å²) in [6.45, 7) is 4.54. The summed E-state index contributed by atoms with van der Waals surface area (Å²) in [7, 11) is 3.18. The van der Waals surface area contributed by atoms with Crippen molar-refractivity contribution in [3.05, 3.63) is 40.1 Å². The Labute approximate surface area is 182 Å². The molecule has 6 nitrogen and oxygen atoms in total. The Balaban J connectivity index is 1.48. The van der Waals surface area contributed by atoms with Gasteiger partial charge in [0.25, 0.3) is 0 Å². The molecule has 7 heteroatoms. The Morgan fingerprint density at radius 2 is 1.90 bits per heavy atom. The van der Waals surface area contributed by atoms with E-state index in [0.717, 1.165) is 43.8 Å². The molecule has 0 radical (unpaired) electrons. The number of hydrogen-bond donors (Lipinski definition) is 1. The number of amides is 1. The van der Waals surface area contributed by atoms with Crippen LogP contribution in [0.25, 0.3) is 0 Å². The van der Waals surface area contributed by atoms with E-state index in [1.807, 2.05) is 6.07 Å². The van der Waals surface area contributed by atoms with Crippen molar-refractivity contribution in [3.8, 4) is 11.5 Å².